The van der Waals surface area contributed by atoms with Crippen molar-refractivity contribution in [2.75, 3.05) is 33.0 Å². The maximum Gasteiger partial charge on any atom is 0.305 e. The lowest BCUT2D eigenvalue weighted by Crippen LogP contribution is -2.06. The maximum atomic E-state index is 10.9. The molecule has 90 valence electrons. The molecule has 0 fully saturated rings. The third kappa shape index (κ3) is 11.3. The fourth-order valence-electron chi connectivity index (χ4n) is 1.07. The first-order chi connectivity index (χ1) is 7.31. The van der Waals surface area contributed by atoms with Crippen molar-refractivity contribution >= 4 is 5.97 Å². The molecule has 0 aliphatic rings. The van der Waals surface area contributed by atoms with E-state index >= 15 is 0 Å². The lowest BCUT2D eigenvalue weighted by Gasteiger charge is -2.04. The zero-order chi connectivity index (χ0) is 11.4. The summed E-state index contributed by atoms with van der Waals surface area (Å²) in [5.41, 5.74) is 0. The number of carbonyl (C=O) groups excluding carboxylic acids is 1. The van der Waals surface area contributed by atoms with Crippen LogP contribution in [0.3, 0.4) is 0 Å². The van der Waals surface area contributed by atoms with Crippen molar-refractivity contribution in [1.82, 2.24) is 0 Å². The monoisotopic (exact) mass is 218 g/mol. The van der Waals surface area contributed by atoms with Crippen LogP contribution in [0.1, 0.15) is 33.1 Å². The molecule has 0 bridgehead atoms. The second-order valence-electron chi connectivity index (χ2n) is 3.07. The van der Waals surface area contributed by atoms with E-state index in [-0.39, 0.29) is 5.97 Å². The van der Waals surface area contributed by atoms with Gasteiger partial charge in [-0.15, -0.1) is 0 Å². The lowest BCUT2D eigenvalue weighted by atomic mass is 10.2. The van der Waals surface area contributed by atoms with Crippen LogP contribution in [-0.2, 0) is 19.0 Å². The highest BCUT2D eigenvalue weighted by atomic mass is 16.5. The number of ether oxygens (including phenoxy) is 3. The van der Waals surface area contributed by atoms with E-state index in [2.05, 4.69) is 0 Å². The molecule has 0 saturated heterocycles. The number of carbonyl (C=O) groups is 1. The molecule has 0 aromatic rings. The minimum Gasteiger partial charge on any atom is -0.466 e. The molecule has 0 amide bonds. The molecule has 0 aromatic carbocycles. The van der Waals surface area contributed by atoms with Gasteiger partial charge < -0.3 is 14.2 Å². The number of unbranched alkanes of at least 4 members (excludes halogenated alkanes) is 1. The van der Waals surface area contributed by atoms with Gasteiger partial charge >= 0.3 is 5.97 Å². The highest BCUT2D eigenvalue weighted by Crippen LogP contribution is 1.98. The minimum absolute atomic E-state index is 0.119. The van der Waals surface area contributed by atoms with Crippen molar-refractivity contribution in [2.24, 2.45) is 0 Å². The van der Waals surface area contributed by atoms with Gasteiger partial charge in [-0.1, -0.05) is 0 Å². The minimum atomic E-state index is -0.119. The topological polar surface area (TPSA) is 44.8 Å². The van der Waals surface area contributed by atoms with E-state index < -0.39 is 0 Å². The molecule has 4 nitrogen and oxygen atoms in total. The summed E-state index contributed by atoms with van der Waals surface area (Å²) in [6.07, 6.45) is 2.21. The first-order valence-electron chi connectivity index (χ1n) is 5.62. The third-order valence-corrected chi connectivity index (χ3v) is 1.80. The van der Waals surface area contributed by atoms with Crippen LogP contribution in [0, 0.1) is 0 Å². The average molecular weight is 218 g/mol. The summed E-state index contributed by atoms with van der Waals surface area (Å²) in [6.45, 7) is 6.93. The van der Waals surface area contributed by atoms with Crippen LogP contribution in [0.2, 0.25) is 0 Å². The molecule has 4 heteroatoms. The predicted octanol–water partition coefficient (Wildman–Crippen LogP) is 1.77. The van der Waals surface area contributed by atoms with Gasteiger partial charge in [0.15, 0.2) is 0 Å². The number of rotatable bonds is 10. The Morgan fingerprint density at radius 2 is 1.67 bits per heavy atom. The zero-order valence-electron chi connectivity index (χ0n) is 9.79. The second kappa shape index (κ2) is 11.5. The van der Waals surface area contributed by atoms with Gasteiger partial charge in [0.1, 0.15) is 0 Å². The van der Waals surface area contributed by atoms with Crippen molar-refractivity contribution in [3.05, 3.63) is 0 Å². The Balaban J connectivity index is 3.01. The lowest BCUT2D eigenvalue weighted by molar-refractivity contribution is -0.143. The molecule has 0 rings (SSSR count). The van der Waals surface area contributed by atoms with Gasteiger partial charge in [0.25, 0.3) is 0 Å². The van der Waals surface area contributed by atoms with Crippen LogP contribution < -0.4 is 0 Å². The summed E-state index contributed by atoms with van der Waals surface area (Å²) in [7, 11) is 0. The van der Waals surface area contributed by atoms with Crippen LogP contribution in [0.4, 0.5) is 0 Å². The first-order valence-corrected chi connectivity index (χ1v) is 5.62. The van der Waals surface area contributed by atoms with E-state index in [0.717, 1.165) is 19.4 Å². The molecule has 15 heavy (non-hydrogen) atoms. The van der Waals surface area contributed by atoms with Crippen molar-refractivity contribution in [3.63, 3.8) is 0 Å². The van der Waals surface area contributed by atoms with Crippen LogP contribution in [-0.4, -0.2) is 39.0 Å². The molecule has 0 heterocycles. The van der Waals surface area contributed by atoms with Gasteiger partial charge in [-0.05, 0) is 26.7 Å². The number of hydrogen-bond acceptors (Lipinski definition) is 4. The zero-order valence-corrected chi connectivity index (χ0v) is 9.79. The summed E-state index contributed by atoms with van der Waals surface area (Å²) in [6, 6.07) is 0. The van der Waals surface area contributed by atoms with Gasteiger partial charge in [-0.2, -0.15) is 0 Å². The van der Waals surface area contributed by atoms with Gasteiger partial charge in [0.2, 0.25) is 0 Å². The fourth-order valence-corrected chi connectivity index (χ4v) is 1.07. The van der Waals surface area contributed by atoms with E-state index in [0.29, 0.717) is 32.8 Å². The average Bonchev–Trinajstić information content (AvgIpc) is 2.22. The Morgan fingerprint density at radius 3 is 2.33 bits per heavy atom. The molecular formula is C11H22O4. The summed E-state index contributed by atoms with van der Waals surface area (Å²) >= 11 is 0. The Labute approximate surface area is 91.9 Å². The smallest absolute Gasteiger partial charge is 0.305 e. The molecule has 0 N–H and O–H groups in total. The number of esters is 1. The van der Waals surface area contributed by atoms with Gasteiger partial charge in [-0.3, -0.25) is 4.79 Å². The maximum absolute atomic E-state index is 10.9. The third-order valence-electron chi connectivity index (χ3n) is 1.80. The van der Waals surface area contributed by atoms with Crippen molar-refractivity contribution in [1.29, 1.82) is 0 Å². The Kier molecular flexibility index (Phi) is 11.0. The van der Waals surface area contributed by atoms with Crippen LogP contribution in [0.25, 0.3) is 0 Å². The molecule has 0 saturated carbocycles. The standard InChI is InChI=1S/C11H22O4/c1-3-13-9-10-14-8-6-5-7-11(12)15-4-2/h3-10H2,1-2H3. The Morgan fingerprint density at radius 1 is 0.933 bits per heavy atom. The molecule has 0 aliphatic carbocycles. The summed E-state index contributed by atoms with van der Waals surface area (Å²) < 4.78 is 15.2. The largest absolute Gasteiger partial charge is 0.466 e. The van der Waals surface area contributed by atoms with Crippen molar-refractivity contribution in [2.45, 2.75) is 33.1 Å². The molecule has 0 radical (unpaired) electrons. The number of hydrogen-bond donors (Lipinski definition) is 0. The van der Waals surface area contributed by atoms with E-state index in [9.17, 15) is 4.79 Å². The Bertz CT molecular complexity index is 148. The fraction of sp³-hybridized carbons (Fsp3) is 0.909. The summed E-state index contributed by atoms with van der Waals surface area (Å²) in [4.78, 5) is 10.9. The molecule has 0 aliphatic heterocycles. The van der Waals surface area contributed by atoms with Crippen LogP contribution in [0.15, 0.2) is 0 Å². The van der Waals surface area contributed by atoms with Gasteiger partial charge in [-0.25, -0.2) is 0 Å². The van der Waals surface area contributed by atoms with Crippen LogP contribution >= 0.6 is 0 Å². The molecular weight excluding hydrogens is 196 g/mol. The first kappa shape index (κ1) is 14.4. The van der Waals surface area contributed by atoms with E-state index in [1.807, 2.05) is 13.8 Å². The molecule has 0 aromatic heterocycles. The van der Waals surface area contributed by atoms with E-state index in [1.54, 1.807) is 0 Å². The van der Waals surface area contributed by atoms with Crippen molar-refractivity contribution in [3.8, 4) is 0 Å². The summed E-state index contributed by atoms with van der Waals surface area (Å²) in [5.74, 6) is -0.119. The van der Waals surface area contributed by atoms with E-state index in [4.69, 9.17) is 14.2 Å². The van der Waals surface area contributed by atoms with Crippen molar-refractivity contribution < 1.29 is 19.0 Å². The molecule has 0 unspecified atom stereocenters. The second-order valence-corrected chi connectivity index (χ2v) is 3.07. The quantitative estimate of drug-likeness (QED) is 0.414. The normalized spacial score (nSPS) is 10.3. The highest BCUT2D eigenvalue weighted by molar-refractivity contribution is 5.69. The summed E-state index contributed by atoms with van der Waals surface area (Å²) in [5, 5.41) is 0. The Hall–Kier alpha value is -0.610. The predicted molar refractivity (Wildman–Crippen MR) is 57.8 cm³/mol. The highest BCUT2D eigenvalue weighted by Gasteiger charge is 2.00. The van der Waals surface area contributed by atoms with Gasteiger partial charge in [0, 0.05) is 19.6 Å². The van der Waals surface area contributed by atoms with Crippen LogP contribution in [0.5, 0.6) is 0 Å². The molecule has 0 atom stereocenters. The van der Waals surface area contributed by atoms with Gasteiger partial charge in [0.05, 0.1) is 19.8 Å². The molecule has 0 spiro atoms. The SMILES string of the molecule is CCOCCOCCCCC(=O)OCC. The van der Waals surface area contributed by atoms with E-state index in [1.165, 1.54) is 0 Å².